The number of unbranched alkanes of at least 4 members (excludes halogenated alkanes) is 14. The van der Waals surface area contributed by atoms with Crippen LogP contribution in [0.3, 0.4) is 0 Å². The second kappa shape index (κ2) is 28.3. The van der Waals surface area contributed by atoms with Gasteiger partial charge in [-0.05, 0) is 12.8 Å². The van der Waals surface area contributed by atoms with Gasteiger partial charge < -0.3 is 9.90 Å². The molecule has 0 aromatic rings. The molecule has 0 unspecified atom stereocenters. The van der Waals surface area contributed by atoms with Crippen LogP contribution in [-0.2, 0) is 26.6 Å². The number of carboxylic acids is 1. The number of hydrogen-bond donors (Lipinski definition) is 0. The van der Waals surface area contributed by atoms with E-state index in [0.717, 1.165) is 12.8 Å². The quantitative estimate of drug-likeness (QED) is 0.292. The average Bonchev–Trinajstić information content (AvgIpc) is 2.53. The first-order valence-electron chi connectivity index (χ1n) is 9.26. The first-order valence-corrected chi connectivity index (χ1v) is 10.5. The van der Waals surface area contributed by atoms with Gasteiger partial charge in [0.25, 0.3) is 0 Å². The van der Waals surface area contributed by atoms with Crippen molar-refractivity contribution in [2.75, 3.05) is 0 Å². The average molecular weight is 404 g/mol. The zero-order chi connectivity index (χ0) is 16.9. The Labute approximate surface area is 196 Å². The zero-order valence-corrected chi connectivity index (χ0v) is 21.8. The second-order valence-corrected chi connectivity index (χ2v) is 6.07. The molecule has 0 amide bonds. The van der Waals surface area contributed by atoms with Crippen LogP contribution in [0.25, 0.3) is 0 Å². The predicted molar refractivity (Wildman–Crippen MR) is 85.2 cm³/mol. The summed E-state index contributed by atoms with van der Waals surface area (Å²) in [6, 6.07) is 0. The number of carbonyl (C=O) groups is 1. The molecule has 0 heterocycles. The summed E-state index contributed by atoms with van der Waals surface area (Å²) in [4.78, 5) is 10.2. The molecule has 0 saturated carbocycles. The third-order valence-corrected chi connectivity index (χ3v) is 3.98. The van der Waals surface area contributed by atoms with Crippen molar-refractivity contribution in [2.24, 2.45) is 0 Å². The Morgan fingerprint density at radius 3 is 1.17 bits per heavy atom. The van der Waals surface area contributed by atoms with Crippen LogP contribution in [0.5, 0.6) is 0 Å². The van der Waals surface area contributed by atoms with E-state index in [4.69, 9.17) is 3.57 Å². The molecule has 0 aliphatic rings. The van der Waals surface area contributed by atoms with Crippen molar-refractivity contribution in [3.63, 3.8) is 0 Å². The summed E-state index contributed by atoms with van der Waals surface area (Å²) >= 11 is 0.125. The van der Waals surface area contributed by atoms with Crippen LogP contribution in [0.2, 0.25) is 0 Å². The van der Waals surface area contributed by atoms with Crippen molar-refractivity contribution >= 4 is 5.97 Å². The molecule has 0 saturated heterocycles. The normalized spacial score (nSPS) is 9.70. The van der Waals surface area contributed by atoms with E-state index in [-0.39, 0.29) is 76.1 Å². The fourth-order valence-corrected chi connectivity index (χ4v) is 2.64. The molecular formula is C18H35KO3Zn. The maximum atomic E-state index is 10.2. The number of carboxylic acid groups (broad SMARTS) is 1. The molecule has 0 aliphatic carbocycles. The van der Waals surface area contributed by atoms with Gasteiger partial charge in [0, 0.05) is 5.97 Å². The molecule has 0 aromatic heterocycles. The topological polar surface area (TPSA) is 57.2 Å². The molecule has 3 nitrogen and oxygen atoms in total. The molecule has 0 aliphatic heterocycles. The summed E-state index contributed by atoms with van der Waals surface area (Å²) in [6.07, 6.45) is 19.9. The summed E-state index contributed by atoms with van der Waals surface area (Å²) < 4.78 is 8.38. The van der Waals surface area contributed by atoms with Gasteiger partial charge >= 0.3 is 73.2 Å². The molecule has 0 fully saturated rings. The van der Waals surface area contributed by atoms with Gasteiger partial charge in [-0.15, -0.1) is 0 Å². The Morgan fingerprint density at radius 1 is 0.652 bits per heavy atom. The fourth-order valence-electron chi connectivity index (χ4n) is 2.64. The van der Waals surface area contributed by atoms with Crippen LogP contribution in [0.15, 0.2) is 0 Å². The van der Waals surface area contributed by atoms with Gasteiger partial charge in [0.05, 0.1) is 0 Å². The Balaban J connectivity index is -0.00000128. The maximum absolute atomic E-state index is 10.2. The number of carbonyl (C=O) groups excluding carboxylic acids is 1. The Morgan fingerprint density at radius 2 is 0.913 bits per heavy atom. The van der Waals surface area contributed by atoms with Crippen LogP contribution in [0, 0.1) is 0 Å². The van der Waals surface area contributed by atoms with Crippen LogP contribution in [-0.4, -0.2) is 5.97 Å². The predicted octanol–water partition coefficient (Wildman–Crippen LogP) is 1.88. The molecule has 0 aromatic carbocycles. The first-order chi connectivity index (χ1) is 10.8. The molecular weight excluding hydrogens is 369 g/mol. The first kappa shape index (κ1) is 29.3. The summed E-state index contributed by atoms with van der Waals surface area (Å²) in [5.74, 6) is -0.903. The molecule has 0 N–H and O–H groups in total. The Kier molecular flexibility index (Phi) is 36.1. The Bertz CT molecular complexity index is 228. The van der Waals surface area contributed by atoms with Crippen molar-refractivity contribution in [2.45, 2.75) is 110 Å². The summed E-state index contributed by atoms with van der Waals surface area (Å²) in [6.45, 7) is 2.27. The second-order valence-electron chi connectivity index (χ2n) is 6.07. The van der Waals surface area contributed by atoms with Crippen molar-refractivity contribution < 1.29 is 83.1 Å². The third kappa shape index (κ3) is 31.8. The van der Waals surface area contributed by atoms with Crippen molar-refractivity contribution in [3.05, 3.63) is 0 Å². The van der Waals surface area contributed by atoms with E-state index < -0.39 is 5.97 Å². The van der Waals surface area contributed by atoms with E-state index in [1.54, 1.807) is 0 Å². The van der Waals surface area contributed by atoms with Gasteiger partial charge in [0.15, 0.2) is 0 Å². The zero-order valence-electron chi connectivity index (χ0n) is 15.7. The Hall–Kier alpha value is 1.53. The van der Waals surface area contributed by atoms with Gasteiger partial charge in [0.1, 0.15) is 0 Å². The minimum absolute atomic E-state index is 0. The molecule has 0 bridgehead atoms. The van der Waals surface area contributed by atoms with Crippen LogP contribution in [0.1, 0.15) is 110 Å². The molecule has 0 atom stereocenters. The van der Waals surface area contributed by atoms with Gasteiger partial charge in [-0.1, -0.05) is 96.8 Å². The fraction of sp³-hybridized carbons (Fsp3) is 0.944. The van der Waals surface area contributed by atoms with Crippen molar-refractivity contribution in [3.8, 4) is 0 Å². The van der Waals surface area contributed by atoms with Gasteiger partial charge in [-0.2, -0.15) is 0 Å². The van der Waals surface area contributed by atoms with Crippen LogP contribution >= 0.6 is 0 Å². The van der Waals surface area contributed by atoms with E-state index >= 15 is 0 Å². The summed E-state index contributed by atoms with van der Waals surface area (Å²) in [7, 11) is 0. The molecule has 0 radical (unpaired) electrons. The van der Waals surface area contributed by atoms with E-state index in [2.05, 4.69) is 6.92 Å². The summed E-state index contributed by atoms with van der Waals surface area (Å²) in [5, 5.41) is 10.2. The van der Waals surface area contributed by atoms with Gasteiger partial charge in [-0.25, -0.2) is 0 Å². The molecule has 0 spiro atoms. The minimum atomic E-state index is -0.903. The SMILES string of the molecule is CCCCCCCCCCCCCCCCCC(=O)[O-].[K+].[O]=[Zn]. The van der Waals surface area contributed by atoms with Gasteiger partial charge in [0.2, 0.25) is 0 Å². The molecule has 128 valence electrons. The number of rotatable bonds is 16. The number of hydrogen-bond acceptors (Lipinski definition) is 3. The molecule has 5 heteroatoms. The van der Waals surface area contributed by atoms with Gasteiger partial charge in [-0.3, -0.25) is 0 Å². The van der Waals surface area contributed by atoms with Crippen molar-refractivity contribution in [1.29, 1.82) is 0 Å². The van der Waals surface area contributed by atoms with Crippen molar-refractivity contribution in [1.82, 2.24) is 0 Å². The monoisotopic (exact) mass is 402 g/mol. The molecule has 0 rings (SSSR count). The van der Waals surface area contributed by atoms with Crippen LogP contribution in [0.4, 0.5) is 0 Å². The van der Waals surface area contributed by atoms with E-state index in [0.29, 0.717) is 0 Å². The number of aliphatic carboxylic acids is 1. The standard InChI is InChI=1S/C18H36O2.K.O.Zn/c1-2-3-4-5-6-7-8-9-10-11-12-13-14-15-16-17-18(19)20;;;/h2-17H2,1H3,(H,19,20);;;/q;+1;;/p-1. The third-order valence-electron chi connectivity index (χ3n) is 3.98. The van der Waals surface area contributed by atoms with E-state index in [1.165, 1.54) is 83.5 Å². The van der Waals surface area contributed by atoms with E-state index in [9.17, 15) is 9.90 Å². The van der Waals surface area contributed by atoms with E-state index in [1.807, 2.05) is 0 Å². The molecule has 23 heavy (non-hydrogen) atoms. The van der Waals surface area contributed by atoms with Crippen LogP contribution < -0.4 is 56.5 Å². The summed E-state index contributed by atoms with van der Waals surface area (Å²) in [5.41, 5.74) is 0.